The average Bonchev–Trinajstić information content (AvgIpc) is 3.30. The van der Waals surface area contributed by atoms with Crippen molar-refractivity contribution >= 4 is 62.3 Å². The second-order valence-electron chi connectivity index (χ2n) is 6.96. The van der Waals surface area contributed by atoms with E-state index in [1.54, 1.807) is 29.7 Å². The van der Waals surface area contributed by atoms with Gasteiger partial charge in [-0.3, -0.25) is 14.2 Å². The van der Waals surface area contributed by atoms with E-state index in [0.717, 1.165) is 30.0 Å². The lowest BCUT2D eigenvalue weighted by Crippen LogP contribution is -2.30. The van der Waals surface area contributed by atoms with Crippen LogP contribution in [0.1, 0.15) is 34.4 Å². The number of esters is 1. The van der Waals surface area contributed by atoms with Gasteiger partial charge in [-0.25, -0.2) is 9.78 Å². The van der Waals surface area contributed by atoms with Crippen molar-refractivity contribution < 1.29 is 14.3 Å². The number of halogens is 2. The van der Waals surface area contributed by atoms with Crippen LogP contribution in [-0.2, 0) is 22.5 Å². The number of carbonyl (C=O) groups excluding carboxylic acids is 2. The van der Waals surface area contributed by atoms with Gasteiger partial charge < -0.3 is 10.1 Å². The highest BCUT2D eigenvalue weighted by molar-refractivity contribution is 7.20. The Morgan fingerprint density at radius 1 is 1.33 bits per heavy atom. The first kappa shape index (κ1) is 20.8. The fraction of sp³-hybridized carbons (Fsp3) is 0.300. The van der Waals surface area contributed by atoms with Crippen LogP contribution in [0.3, 0.4) is 0 Å². The predicted octanol–water partition coefficient (Wildman–Crippen LogP) is 4.20. The fourth-order valence-electron chi connectivity index (χ4n) is 3.37. The van der Waals surface area contributed by atoms with Crippen LogP contribution in [0.4, 0.5) is 5.69 Å². The number of carbonyl (C=O) groups is 2. The number of rotatable bonds is 4. The van der Waals surface area contributed by atoms with Gasteiger partial charge in [-0.2, -0.15) is 0 Å². The normalized spacial score (nSPS) is 13.9. The Kier molecular flexibility index (Phi) is 5.57. The molecule has 1 aromatic carbocycles. The molecule has 3 heterocycles. The van der Waals surface area contributed by atoms with E-state index in [4.69, 9.17) is 27.9 Å². The van der Waals surface area contributed by atoms with Gasteiger partial charge in [0.25, 0.3) is 11.5 Å². The smallest absolute Gasteiger partial charge is 0.349 e. The summed E-state index contributed by atoms with van der Waals surface area (Å²) in [4.78, 5) is 43.2. The van der Waals surface area contributed by atoms with Gasteiger partial charge in [0, 0.05) is 13.0 Å². The van der Waals surface area contributed by atoms with E-state index in [-0.39, 0.29) is 15.5 Å². The Morgan fingerprint density at radius 3 is 2.87 bits per heavy atom. The van der Waals surface area contributed by atoms with E-state index in [0.29, 0.717) is 33.0 Å². The largest absolute Gasteiger partial charge is 0.448 e. The monoisotopic (exact) mass is 465 g/mol. The van der Waals surface area contributed by atoms with Crippen LogP contribution in [0.15, 0.2) is 23.0 Å². The highest BCUT2D eigenvalue weighted by Crippen LogP contribution is 2.31. The van der Waals surface area contributed by atoms with Crippen molar-refractivity contribution in [2.45, 2.75) is 39.3 Å². The molecule has 0 saturated carbocycles. The number of nitrogens with one attached hydrogen (secondary N) is 1. The molecule has 0 fully saturated rings. The molecule has 1 aliphatic rings. The third-order valence-corrected chi connectivity index (χ3v) is 6.94. The molecule has 10 heteroatoms. The summed E-state index contributed by atoms with van der Waals surface area (Å²) in [5.74, 6) is -0.497. The molecule has 1 N–H and O–H groups in total. The maximum Gasteiger partial charge on any atom is 0.349 e. The molecule has 0 aliphatic carbocycles. The van der Waals surface area contributed by atoms with Gasteiger partial charge in [0.1, 0.15) is 15.5 Å². The highest BCUT2D eigenvalue weighted by atomic mass is 35.5. The minimum Gasteiger partial charge on any atom is -0.448 e. The fourth-order valence-corrected chi connectivity index (χ4v) is 4.79. The molecule has 4 rings (SSSR count). The minimum atomic E-state index is -1.09. The highest BCUT2D eigenvalue weighted by Gasteiger charge is 2.26. The topological polar surface area (TPSA) is 90.3 Å². The maximum absolute atomic E-state index is 12.8. The van der Waals surface area contributed by atoms with Gasteiger partial charge >= 0.3 is 5.97 Å². The molecule has 3 aromatic rings. The predicted molar refractivity (Wildman–Crippen MR) is 117 cm³/mol. The third kappa shape index (κ3) is 3.59. The lowest BCUT2D eigenvalue weighted by atomic mass is 10.2. The Morgan fingerprint density at radius 2 is 2.10 bits per heavy atom. The Bertz CT molecular complexity index is 1250. The molecular weight excluding hydrogens is 449 g/mol. The quantitative estimate of drug-likeness (QED) is 0.582. The van der Waals surface area contributed by atoms with Crippen molar-refractivity contribution in [1.29, 1.82) is 0 Å². The number of ether oxygens (including phenoxy) is 1. The van der Waals surface area contributed by atoms with Crippen molar-refractivity contribution in [3.05, 3.63) is 54.9 Å². The summed E-state index contributed by atoms with van der Waals surface area (Å²) in [5.41, 5.74) is 0.703. The van der Waals surface area contributed by atoms with Crippen LogP contribution in [0, 0.1) is 6.92 Å². The molecule has 0 radical (unpaired) electrons. The Balaban J connectivity index is 1.55. The summed E-state index contributed by atoms with van der Waals surface area (Å²) in [6.07, 6.45) is 0.540. The van der Waals surface area contributed by atoms with Crippen molar-refractivity contribution in [1.82, 2.24) is 9.55 Å². The third-order valence-electron chi connectivity index (χ3n) is 4.96. The maximum atomic E-state index is 12.8. The number of aryl methyl sites for hydroxylation is 2. The van der Waals surface area contributed by atoms with Gasteiger partial charge in [-0.05, 0) is 38.0 Å². The number of aromatic nitrogens is 2. The number of hydrogen-bond donors (Lipinski definition) is 1. The zero-order valence-corrected chi connectivity index (χ0v) is 18.5. The van der Waals surface area contributed by atoms with Crippen molar-refractivity contribution in [2.24, 2.45) is 0 Å². The summed E-state index contributed by atoms with van der Waals surface area (Å²) >= 11 is 13.1. The molecule has 7 nitrogen and oxygen atoms in total. The van der Waals surface area contributed by atoms with E-state index < -0.39 is 18.0 Å². The zero-order valence-electron chi connectivity index (χ0n) is 16.1. The lowest BCUT2D eigenvalue weighted by molar-refractivity contribution is -0.123. The summed E-state index contributed by atoms with van der Waals surface area (Å²) in [6, 6.07) is 4.83. The first-order valence-electron chi connectivity index (χ1n) is 9.26. The summed E-state index contributed by atoms with van der Waals surface area (Å²) in [6.45, 7) is 3.78. The second-order valence-corrected chi connectivity index (χ2v) is 8.75. The van der Waals surface area contributed by atoms with Crippen LogP contribution in [-0.4, -0.2) is 27.5 Å². The molecule has 0 spiro atoms. The minimum absolute atomic E-state index is 0.137. The van der Waals surface area contributed by atoms with Crippen LogP contribution in [0.5, 0.6) is 0 Å². The number of anilines is 1. The molecule has 1 amide bonds. The second kappa shape index (κ2) is 8.02. The molecule has 0 saturated heterocycles. The average molecular weight is 466 g/mol. The molecule has 2 aromatic heterocycles. The first-order valence-corrected chi connectivity index (χ1v) is 10.8. The Hall–Kier alpha value is -2.42. The molecule has 1 unspecified atom stereocenters. The van der Waals surface area contributed by atoms with Gasteiger partial charge in [0.2, 0.25) is 0 Å². The first-order chi connectivity index (χ1) is 14.3. The molecule has 30 heavy (non-hydrogen) atoms. The van der Waals surface area contributed by atoms with Crippen molar-refractivity contribution in [3.63, 3.8) is 0 Å². The summed E-state index contributed by atoms with van der Waals surface area (Å²) in [5, 5.41) is 3.52. The number of benzene rings is 1. The Labute approximate surface area is 185 Å². The van der Waals surface area contributed by atoms with Crippen molar-refractivity contribution in [2.75, 3.05) is 5.32 Å². The lowest BCUT2D eigenvalue weighted by Gasteiger charge is -2.14. The van der Waals surface area contributed by atoms with Gasteiger partial charge in [-0.1, -0.05) is 29.3 Å². The van der Waals surface area contributed by atoms with E-state index in [2.05, 4.69) is 10.3 Å². The molecular formula is C20H17Cl2N3O4S. The van der Waals surface area contributed by atoms with Crippen LogP contribution >= 0.6 is 34.5 Å². The zero-order chi connectivity index (χ0) is 21.6. The van der Waals surface area contributed by atoms with Crippen LogP contribution in [0.2, 0.25) is 10.0 Å². The van der Waals surface area contributed by atoms with Gasteiger partial charge in [0.15, 0.2) is 6.10 Å². The van der Waals surface area contributed by atoms with Gasteiger partial charge in [0.05, 0.1) is 21.1 Å². The number of hydrogen-bond acceptors (Lipinski definition) is 6. The van der Waals surface area contributed by atoms with Gasteiger partial charge in [-0.15, -0.1) is 11.3 Å². The number of amides is 1. The van der Waals surface area contributed by atoms with Crippen LogP contribution in [0.25, 0.3) is 10.2 Å². The van der Waals surface area contributed by atoms with E-state index in [1.165, 1.54) is 6.92 Å². The van der Waals surface area contributed by atoms with E-state index >= 15 is 0 Å². The van der Waals surface area contributed by atoms with E-state index in [9.17, 15) is 14.4 Å². The standard InChI is InChI=1S/C20H17Cl2N3O4S/c1-9-14-18(24-13-7-4-8-25(13)19(14)27)30-16(9)20(28)29-10(2)17(26)23-12-6-3-5-11(21)15(12)22/h3,5-6,10H,4,7-8H2,1-2H3,(H,23,26). The molecule has 156 valence electrons. The van der Waals surface area contributed by atoms with Crippen LogP contribution < -0.4 is 10.9 Å². The number of nitrogens with zero attached hydrogens (tertiary/aromatic N) is 2. The molecule has 1 atom stereocenters. The summed E-state index contributed by atoms with van der Waals surface area (Å²) < 4.78 is 6.99. The number of fused-ring (bicyclic) bond motifs is 2. The summed E-state index contributed by atoms with van der Waals surface area (Å²) in [7, 11) is 0. The molecule has 0 bridgehead atoms. The van der Waals surface area contributed by atoms with E-state index in [1.807, 2.05) is 0 Å². The number of thiophene rings is 1. The van der Waals surface area contributed by atoms with Crippen molar-refractivity contribution in [3.8, 4) is 0 Å². The molecule has 1 aliphatic heterocycles. The SMILES string of the molecule is Cc1c(C(=O)OC(C)C(=O)Nc2cccc(Cl)c2Cl)sc2nc3n(c(=O)c12)CCC3.